The topological polar surface area (TPSA) is 77.8 Å². The fourth-order valence-electron chi connectivity index (χ4n) is 1.80. The van der Waals surface area contributed by atoms with Crippen LogP contribution in [0, 0.1) is 0 Å². The number of aromatic nitrogens is 3. The average molecular weight is 252 g/mol. The highest BCUT2D eigenvalue weighted by Gasteiger charge is 2.12. The molecule has 94 valence electrons. The number of pyridine rings is 1. The Hall–Kier alpha value is -2.69. The maximum atomic E-state index is 5.82. The van der Waals surface area contributed by atoms with E-state index in [1.807, 2.05) is 30.3 Å². The monoisotopic (exact) mass is 252 g/mol. The van der Waals surface area contributed by atoms with Gasteiger partial charge in [0, 0.05) is 12.6 Å². The van der Waals surface area contributed by atoms with Crippen molar-refractivity contribution in [1.82, 2.24) is 15.1 Å². The molecule has 0 aliphatic carbocycles. The maximum Gasteiger partial charge on any atom is 0.278 e. The zero-order valence-electron chi connectivity index (χ0n) is 10.2. The summed E-state index contributed by atoms with van der Waals surface area (Å²) >= 11 is 0. The van der Waals surface area contributed by atoms with E-state index in [2.05, 4.69) is 15.1 Å². The van der Waals surface area contributed by atoms with Crippen LogP contribution in [0.15, 0.2) is 53.2 Å². The van der Waals surface area contributed by atoms with Crippen LogP contribution in [0.2, 0.25) is 0 Å². The summed E-state index contributed by atoms with van der Waals surface area (Å²) in [6.07, 6.45) is 2.27. The van der Waals surface area contributed by atoms with Gasteiger partial charge in [-0.05, 0) is 17.7 Å². The van der Waals surface area contributed by atoms with E-state index in [1.54, 1.807) is 18.3 Å². The number of benzene rings is 1. The van der Waals surface area contributed by atoms with Gasteiger partial charge in [0.2, 0.25) is 0 Å². The van der Waals surface area contributed by atoms with Gasteiger partial charge in [-0.25, -0.2) is 4.98 Å². The van der Waals surface area contributed by atoms with Crippen LogP contribution in [-0.4, -0.2) is 15.1 Å². The van der Waals surface area contributed by atoms with Crippen LogP contribution in [0.4, 0.5) is 5.69 Å². The van der Waals surface area contributed by atoms with Crippen LogP contribution < -0.4 is 5.73 Å². The van der Waals surface area contributed by atoms with E-state index in [1.165, 1.54) is 0 Å². The fourth-order valence-corrected chi connectivity index (χ4v) is 1.80. The van der Waals surface area contributed by atoms with E-state index in [9.17, 15) is 0 Å². The SMILES string of the molecule is Nc1cccnc1-c1nc(Cc2ccccc2)no1. The fraction of sp³-hybridized carbons (Fsp3) is 0.0714. The van der Waals surface area contributed by atoms with Gasteiger partial charge in [-0.3, -0.25) is 0 Å². The van der Waals surface area contributed by atoms with E-state index in [0.29, 0.717) is 29.5 Å². The summed E-state index contributed by atoms with van der Waals surface area (Å²) in [5.41, 5.74) is 8.00. The number of nitrogens with zero attached hydrogens (tertiary/aromatic N) is 3. The second-order valence-corrected chi connectivity index (χ2v) is 4.12. The Bertz CT molecular complexity index is 679. The largest absolute Gasteiger partial charge is 0.397 e. The molecule has 2 N–H and O–H groups in total. The van der Waals surface area contributed by atoms with E-state index in [0.717, 1.165) is 5.56 Å². The molecule has 0 atom stereocenters. The molecule has 19 heavy (non-hydrogen) atoms. The molecule has 1 aromatic carbocycles. The molecule has 3 aromatic rings. The van der Waals surface area contributed by atoms with Crippen LogP contribution in [0.5, 0.6) is 0 Å². The van der Waals surface area contributed by atoms with Gasteiger partial charge < -0.3 is 10.3 Å². The third-order valence-corrected chi connectivity index (χ3v) is 2.71. The van der Waals surface area contributed by atoms with Gasteiger partial charge >= 0.3 is 0 Å². The van der Waals surface area contributed by atoms with Crippen LogP contribution in [0.25, 0.3) is 11.6 Å². The highest BCUT2D eigenvalue weighted by atomic mass is 16.5. The van der Waals surface area contributed by atoms with E-state index < -0.39 is 0 Å². The van der Waals surface area contributed by atoms with Gasteiger partial charge in [-0.1, -0.05) is 35.5 Å². The van der Waals surface area contributed by atoms with Crippen molar-refractivity contribution < 1.29 is 4.52 Å². The number of nitrogens with two attached hydrogens (primary N) is 1. The lowest BCUT2D eigenvalue weighted by Crippen LogP contribution is -1.93. The van der Waals surface area contributed by atoms with Crippen molar-refractivity contribution >= 4 is 5.69 Å². The molecule has 0 fully saturated rings. The Kier molecular flexibility index (Phi) is 2.94. The number of anilines is 1. The second kappa shape index (κ2) is 4.89. The summed E-state index contributed by atoms with van der Waals surface area (Å²) in [6, 6.07) is 13.5. The molecular formula is C14H12N4O. The van der Waals surface area contributed by atoms with Crippen molar-refractivity contribution in [3.05, 3.63) is 60.0 Å². The van der Waals surface area contributed by atoms with Crippen molar-refractivity contribution in [2.75, 3.05) is 5.73 Å². The Morgan fingerprint density at radius 3 is 2.68 bits per heavy atom. The molecule has 0 bridgehead atoms. The minimum Gasteiger partial charge on any atom is -0.397 e. The van der Waals surface area contributed by atoms with E-state index >= 15 is 0 Å². The first kappa shape index (κ1) is 11.4. The summed E-state index contributed by atoms with van der Waals surface area (Å²) in [5, 5.41) is 3.95. The van der Waals surface area contributed by atoms with Gasteiger partial charge in [0.05, 0.1) is 5.69 Å². The molecule has 0 saturated heterocycles. The Morgan fingerprint density at radius 1 is 1.05 bits per heavy atom. The standard InChI is InChI=1S/C14H12N4O/c15-11-7-4-8-16-13(11)14-17-12(18-19-14)9-10-5-2-1-3-6-10/h1-8H,9,15H2. The molecule has 0 radical (unpaired) electrons. The van der Waals surface area contributed by atoms with Gasteiger partial charge in [0.1, 0.15) is 0 Å². The summed E-state index contributed by atoms with van der Waals surface area (Å²) in [6.45, 7) is 0. The molecule has 0 unspecified atom stereocenters. The van der Waals surface area contributed by atoms with Gasteiger partial charge in [0.25, 0.3) is 5.89 Å². The van der Waals surface area contributed by atoms with Crippen LogP contribution in [0.3, 0.4) is 0 Å². The summed E-state index contributed by atoms with van der Waals surface area (Å²) in [7, 11) is 0. The Labute approximate surface area is 110 Å². The quantitative estimate of drug-likeness (QED) is 0.773. The lowest BCUT2D eigenvalue weighted by atomic mass is 10.1. The first-order chi connectivity index (χ1) is 9.33. The third-order valence-electron chi connectivity index (χ3n) is 2.71. The van der Waals surface area contributed by atoms with Crippen molar-refractivity contribution in [3.8, 4) is 11.6 Å². The molecular weight excluding hydrogens is 240 g/mol. The lowest BCUT2D eigenvalue weighted by molar-refractivity contribution is 0.423. The minimum atomic E-state index is 0.351. The molecule has 5 heteroatoms. The Balaban J connectivity index is 1.86. The maximum absolute atomic E-state index is 5.82. The van der Waals surface area contributed by atoms with Gasteiger partial charge in [-0.15, -0.1) is 0 Å². The minimum absolute atomic E-state index is 0.351. The first-order valence-corrected chi connectivity index (χ1v) is 5.90. The van der Waals surface area contributed by atoms with Crippen molar-refractivity contribution in [1.29, 1.82) is 0 Å². The highest BCUT2D eigenvalue weighted by Crippen LogP contribution is 2.21. The molecule has 5 nitrogen and oxygen atoms in total. The number of rotatable bonds is 3. The zero-order valence-corrected chi connectivity index (χ0v) is 10.2. The van der Waals surface area contributed by atoms with Crippen molar-refractivity contribution in [3.63, 3.8) is 0 Å². The lowest BCUT2D eigenvalue weighted by Gasteiger charge is -1.97. The smallest absolute Gasteiger partial charge is 0.278 e. The normalized spacial score (nSPS) is 10.5. The van der Waals surface area contributed by atoms with Crippen molar-refractivity contribution in [2.45, 2.75) is 6.42 Å². The predicted molar refractivity (Wildman–Crippen MR) is 71.2 cm³/mol. The average Bonchev–Trinajstić information content (AvgIpc) is 2.89. The number of hydrogen-bond donors (Lipinski definition) is 1. The van der Waals surface area contributed by atoms with Gasteiger partial charge in [0.15, 0.2) is 11.5 Å². The molecule has 0 aliphatic rings. The first-order valence-electron chi connectivity index (χ1n) is 5.90. The molecule has 2 heterocycles. The molecule has 0 spiro atoms. The van der Waals surface area contributed by atoms with E-state index in [-0.39, 0.29) is 0 Å². The summed E-state index contributed by atoms with van der Waals surface area (Å²) in [5.74, 6) is 0.968. The zero-order chi connectivity index (χ0) is 13.1. The molecule has 0 saturated carbocycles. The predicted octanol–water partition coefficient (Wildman–Crippen LogP) is 2.30. The van der Waals surface area contributed by atoms with Crippen LogP contribution in [-0.2, 0) is 6.42 Å². The third kappa shape index (κ3) is 2.44. The highest BCUT2D eigenvalue weighted by molar-refractivity contribution is 5.65. The molecule has 0 aliphatic heterocycles. The van der Waals surface area contributed by atoms with Crippen LogP contribution in [0.1, 0.15) is 11.4 Å². The molecule has 0 amide bonds. The van der Waals surface area contributed by atoms with Crippen molar-refractivity contribution in [2.24, 2.45) is 0 Å². The summed E-state index contributed by atoms with van der Waals surface area (Å²) in [4.78, 5) is 8.46. The van der Waals surface area contributed by atoms with E-state index in [4.69, 9.17) is 10.3 Å². The molecule has 2 aromatic heterocycles. The summed E-state index contributed by atoms with van der Waals surface area (Å²) < 4.78 is 5.20. The van der Waals surface area contributed by atoms with Gasteiger partial charge in [-0.2, -0.15) is 4.98 Å². The Morgan fingerprint density at radius 2 is 1.89 bits per heavy atom. The number of nitrogen functional groups attached to an aromatic ring is 1. The number of hydrogen-bond acceptors (Lipinski definition) is 5. The second-order valence-electron chi connectivity index (χ2n) is 4.12. The molecule has 3 rings (SSSR count). The van der Waals surface area contributed by atoms with Crippen LogP contribution >= 0.6 is 0 Å².